The molecule has 1 rings (SSSR count). The van der Waals surface area contributed by atoms with Gasteiger partial charge >= 0.3 is 0 Å². The lowest BCUT2D eigenvalue weighted by atomic mass is 10.2. The van der Waals surface area contributed by atoms with Crippen LogP contribution in [0.1, 0.15) is 19.4 Å². The van der Waals surface area contributed by atoms with Crippen LogP contribution in [0.5, 0.6) is 0 Å². The summed E-state index contributed by atoms with van der Waals surface area (Å²) in [6, 6.07) is 3.65. The Bertz CT molecular complexity index is 328. The fourth-order valence-corrected chi connectivity index (χ4v) is 1.53. The Hall–Kier alpha value is -1.46. The normalized spacial score (nSPS) is 12.5. The molecule has 16 heavy (non-hydrogen) atoms. The van der Waals surface area contributed by atoms with Crippen LogP contribution in [-0.2, 0) is 11.3 Å². The lowest BCUT2D eigenvalue weighted by Crippen LogP contribution is -2.47. The van der Waals surface area contributed by atoms with E-state index in [0.29, 0.717) is 6.54 Å². The SMILES string of the molecule is CCN(Cc1ccncc1)C(C)C(=O)NN. The van der Waals surface area contributed by atoms with E-state index in [4.69, 9.17) is 5.84 Å². The van der Waals surface area contributed by atoms with E-state index in [2.05, 4.69) is 10.4 Å². The van der Waals surface area contributed by atoms with E-state index < -0.39 is 0 Å². The van der Waals surface area contributed by atoms with Crippen molar-refractivity contribution in [3.8, 4) is 0 Å². The minimum Gasteiger partial charge on any atom is -0.293 e. The molecule has 3 N–H and O–H groups in total. The van der Waals surface area contributed by atoms with Crippen molar-refractivity contribution in [3.05, 3.63) is 30.1 Å². The number of hydrogen-bond acceptors (Lipinski definition) is 4. The van der Waals surface area contributed by atoms with Crippen molar-refractivity contribution in [2.75, 3.05) is 6.54 Å². The molecule has 0 saturated heterocycles. The summed E-state index contributed by atoms with van der Waals surface area (Å²) in [5, 5.41) is 0. The molecule has 88 valence electrons. The maximum atomic E-state index is 11.4. The van der Waals surface area contributed by atoms with Gasteiger partial charge in [0.2, 0.25) is 0 Å². The van der Waals surface area contributed by atoms with E-state index in [-0.39, 0.29) is 11.9 Å². The fraction of sp³-hybridized carbons (Fsp3) is 0.455. The Morgan fingerprint density at radius 2 is 2.19 bits per heavy atom. The second-order valence-corrected chi connectivity index (χ2v) is 3.60. The molecule has 0 bridgehead atoms. The van der Waals surface area contributed by atoms with Gasteiger partial charge in [-0.15, -0.1) is 0 Å². The van der Waals surface area contributed by atoms with Gasteiger partial charge in [-0.2, -0.15) is 0 Å². The maximum Gasteiger partial charge on any atom is 0.250 e. The average molecular weight is 222 g/mol. The highest BCUT2D eigenvalue weighted by Crippen LogP contribution is 2.07. The lowest BCUT2D eigenvalue weighted by Gasteiger charge is -2.26. The van der Waals surface area contributed by atoms with Crippen LogP contribution in [0.4, 0.5) is 0 Å². The maximum absolute atomic E-state index is 11.4. The monoisotopic (exact) mass is 222 g/mol. The Kier molecular flexibility index (Phi) is 4.88. The molecule has 1 unspecified atom stereocenters. The third-order valence-electron chi connectivity index (χ3n) is 2.61. The molecule has 0 aliphatic rings. The summed E-state index contributed by atoms with van der Waals surface area (Å²) in [5.74, 6) is 4.95. The van der Waals surface area contributed by atoms with E-state index in [1.807, 2.05) is 30.9 Å². The number of nitrogens with two attached hydrogens (primary N) is 1. The first-order valence-corrected chi connectivity index (χ1v) is 5.32. The van der Waals surface area contributed by atoms with E-state index in [9.17, 15) is 4.79 Å². The quantitative estimate of drug-likeness (QED) is 0.426. The van der Waals surface area contributed by atoms with Gasteiger partial charge in [-0.3, -0.25) is 20.1 Å². The first-order chi connectivity index (χ1) is 7.69. The third-order valence-corrected chi connectivity index (χ3v) is 2.61. The largest absolute Gasteiger partial charge is 0.293 e. The zero-order chi connectivity index (χ0) is 12.0. The Labute approximate surface area is 95.6 Å². The van der Waals surface area contributed by atoms with E-state index in [1.54, 1.807) is 12.4 Å². The van der Waals surface area contributed by atoms with Crippen LogP contribution in [0.2, 0.25) is 0 Å². The number of likely N-dealkylation sites (N-methyl/N-ethyl adjacent to an activating group) is 1. The molecule has 1 atom stereocenters. The molecule has 1 amide bonds. The Balaban J connectivity index is 2.65. The molecule has 0 radical (unpaired) electrons. The third kappa shape index (κ3) is 3.29. The van der Waals surface area contributed by atoms with E-state index in [1.165, 1.54) is 0 Å². The van der Waals surface area contributed by atoms with Crippen molar-refractivity contribution in [3.63, 3.8) is 0 Å². The van der Waals surface area contributed by atoms with Gasteiger partial charge in [0.05, 0.1) is 6.04 Å². The minimum atomic E-state index is -0.233. The number of hydrogen-bond donors (Lipinski definition) is 2. The molecule has 1 aromatic heterocycles. The van der Waals surface area contributed by atoms with E-state index >= 15 is 0 Å². The molecule has 0 saturated carbocycles. The number of rotatable bonds is 5. The average Bonchev–Trinajstić information content (AvgIpc) is 2.35. The summed E-state index contributed by atoms with van der Waals surface area (Å²) >= 11 is 0. The number of pyridine rings is 1. The topological polar surface area (TPSA) is 71.2 Å². The van der Waals surface area contributed by atoms with Gasteiger partial charge in [0, 0.05) is 18.9 Å². The van der Waals surface area contributed by atoms with Gasteiger partial charge in [-0.1, -0.05) is 6.92 Å². The predicted molar refractivity (Wildman–Crippen MR) is 62.1 cm³/mol. The number of nitrogens with zero attached hydrogens (tertiary/aromatic N) is 2. The summed E-state index contributed by atoms with van der Waals surface area (Å²) < 4.78 is 0. The minimum absolute atomic E-state index is 0.170. The molecule has 5 heteroatoms. The van der Waals surface area contributed by atoms with Crippen molar-refractivity contribution in [1.82, 2.24) is 15.3 Å². The molecular formula is C11H18N4O. The van der Waals surface area contributed by atoms with Crippen LogP contribution in [0.15, 0.2) is 24.5 Å². The smallest absolute Gasteiger partial charge is 0.250 e. The van der Waals surface area contributed by atoms with Crippen molar-refractivity contribution in [1.29, 1.82) is 0 Å². The van der Waals surface area contributed by atoms with Crippen LogP contribution >= 0.6 is 0 Å². The van der Waals surface area contributed by atoms with Crippen molar-refractivity contribution in [2.24, 2.45) is 5.84 Å². The molecule has 0 aliphatic carbocycles. The summed E-state index contributed by atoms with van der Waals surface area (Å²) in [6.07, 6.45) is 3.49. The standard InChI is InChI=1S/C11H18N4O/c1-3-15(9(2)11(16)14-12)8-10-4-6-13-7-5-10/h4-7,9H,3,8,12H2,1-2H3,(H,14,16). The first-order valence-electron chi connectivity index (χ1n) is 5.32. The van der Waals surface area contributed by atoms with Gasteiger partial charge in [0.1, 0.15) is 0 Å². The summed E-state index contributed by atoms with van der Waals surface area (Å²) in [4.78, 5) is 17.4. The number of aromatic nitrogens is 1. The zero-order valence-corrected chi connectivity index (χ0v) is 9.68. The molecular weight excluding hydrogens is 204 g/mol. The highest BCUT2D eigenvalue weighted by atomic mass is 16.2. The molecule has 0 fully saturated rings. The second-order valence-electron chi connectivity index (χ2n) is 3.60. The number of nitrogens with one attached hydrogen (secondary N) is 1. The Morgan fingerprint density at radius 1 is 1.56 bits per heavy atom. The van der Waals surface area contributed by atoms with Gasteiger partial charge in [0.15, 0.2) is 0 Å². The highest BCUT2D eigenvalue weighted by molar-refractivity contribution is 5.80. The predicted octanol–water partition coefficient (Wildman–Crippen LogP) is 0.282. The van der Waals surface area contributed by atoms with Crippen LogP contribution in [-0.4, -0.2) is 28.4 Å². The lowest BCUT2D eigenvalue weighted by molar-refractivity contribution is -0.126. The second kappa shape index (κ2) is 6.19. The summed E-state index contributed by atoms with van der Waals surface area (Å²) in [7, 11) is 0. The van der Waals surface area contributed by atoms with Gasteiger partial charge < -0.3 is 0 Å². The van der Waals surface area contributed by atoms with Gasteiger partial charge in [-0.05, 0) is 31.2 Å². The van der Waals surface area contributed by atoms with Crippen molar-refractivity contribution >= 4 is 5.91 Å². The first kappa shape index (κ1) is 12.6. The molecule has 0 aliphatic heterocycles. The van der Waals surface area contributed by atoms with Crippen LogP contribution in [0.3, 0.4) is 0 Å². The summed E-state index contributed by atoms with van der Waals surface area (Å²) in [5.41, 5.74) is 3.31. The number of hydrazine groups is 1. The number of carbonyl (C=O) groups is 1. The number of carbonyl (C=O) groups excluding carboxylic acids is 1. The van der Waals surface area contributed by atoms with Crippen molar-refractivity contribution < 1.29 is 4.79 Å². The van der Waals surface area contributed by atoms with E-state index in [0.717, 1.165) is 12.1 Å². The van der Waals surface area contributed by atoms with Crippen molar-refractivity contribution in [2.45, 2.75) is 26.4 Å². The fourth-order valence-electron chi connectivity index (χ4n) is 1.53. The molecule has 1 heterocycles. The van der Waals surface area contributed by atoms with Gasteiger partial charge in [-0.25, -0.2) is 5.84 Å². The molecule has 1 aromatic rings. The van der Waals surface area contributed by atoms with Gasteiger partial charge in [0.25, 0.3) is 5.91 Å². The number of amides is 1. The molecule has 5 nitrogen and oxygen atoms in total. The van der Waals surface area contributed by atoms with Crippen LogP contribution in [0.25, 0.3) is 0 Å². The molecule has 0 spiro atoms. The zero-order valence-electron chi connectivity index (χ0n) is 9.68. The van der Waals surface area contributed by atoms with Crippen LogP contribution < -0.4 is 11.3 Å². The Morgan fingerprint density at radius 3 is 2.69 bits per heavy atom. The molecule has 0 aromatic carbocycles. The highest BCUT2D eigenvalue weighted by Gasteiger charge is 2.18. The summed E-state index contributed by atoms with van der Waals surface area (Å²) in [6.45, 7) is 5.36. The van der Waals surface area contributed by atoms with Crippen LogP contribution in [0, 0.1) is 0 Å².